The van der Waals surface area contributed by atoms with Gasteiger partial charge in [0.05, 0.1) is 0 Å². The second kappa shape index (κ2) is 11.6. The highest BCUT2D eigenvalue weighted by Crippen LogP contribution is 2.41. The normalized spacial score (nSPS) is 19.5. The number of rotatable bonds is 9. The average molecular weight is 464 g/mol. The quantitative estimate of drug-likeness (QED) is 0.255. The first kappa shape index (κ1) is 22.1. The van der Waals surface area contributed by atoms with Gasteiger partial charge >= 0.3 is 0 Å². The predicted octanol–water partition coefficient (Wildman–Crippen LogP) is 2.43. The van der Waals surface area contributed by atoms with Crippen molar-refractivity contribution in [1.29, 1.82) is 0 Å². The minimum atomic E-state index is -0.118. The van der Waals surface area contributed by atoms with E-state index in [1.807, 2.05) is 12.1 Å². The van der Waals surface area contributed by atoms with Crippen molar-refractivity contribution in [2.45, 2.75) is 24.8 Å². The molecular formula is C18H30FIN4O. The molecule has 25 heavy (non-hydrogen) atoms. The minimum Gasteiger partial charge on any atom is -0.385 e. The van der Waals surface area contributed by atoms with Gasteiger partial charge in [0, 0.05) is 52.4 Å². The average Bonchev–Trinajstić information content (AvgIpc) is 3.33. The van der Waals surface area contributed by atoms with Crippen molar-refractivity contribution in [2.24, 2.45) is 4.99 Å². The van der Waals surface area contributed by atoms with Crippen LogP contribution in [-0.2, 0) is 4.74 Å². The summed E-state index contributed by atoms with van der Waals surface area (Å²) in [5, 5.41) is 6.70. The van der Waals surface area contributed by atoms with Crippen molar-refractivity contribution < 1.29 is 9.13 Å². The summed E-state index contributed by atoms with van der Waals surface area (Å²) in [6.07, 6.45) is 1.98. The number of ether oxygens (including phenoxy) is 1. The molecular weight excluding hydrogens is 434 g/mol. The number of nitrogens with one attached hydrogen (secondary N) is 2. The van der Waals surface area contributed by atoms with E-state index in [1.165, 1.54) is 6.07 Å². The van der Waals surface area contributed by atoms with E-state index >= 15 is 0 Å². The van der Waals surface area contributed by atoms with Crippen LogP contribution in [0, 0.1) is 5.82 Å². The van der Waals surface area contributed by atoms with E-state index in [9.17, 15) is 4.39 Å². The third kappa shape index (κ3) is 7.45. The van der Waals surface area contributed by atoms with E-state index in [4.69, 9.17) is 4.74 Å². The van der Waals surface area contributed by atoms with Crippen LogP contribution in [0.4, 0.5) is 4.39 Å². The fraction of sp³-hybridized carbons (Fsp3) is 0.611. The number of hydrogen-bond donors (Lipinski definition) is 2. The van der Waals surface area contributed by atoms with Gasteiger partial charge in [-0.1, -0.05) is 18.2 Å². The first-order valence-corrected chi connectivity index (χ1v) is 8.54. The molecule has 7 heteroatoms. The van der Waals surface area contributed by atoms with Crippen LogP contribution in [0.5, 0.6) is 0 Å². The summed E-state index contributed by atoms with van der Waals surface area (Å²) in [5.74, 6) is 0.901. The highest BCUT2D eigenvalue weighted by molar-refractivity contribution is 14.0. The van der Waals surface area contributed by atoms with E-state index < -0.39 is 0 Å². The summed E-state index contributed by atoms with van der Waals surface area (Å²) in [4.78, 5) is 6.52. The molecule has 1 aromatic rings. The predicted molar refractivity (Wildman–Crippen MR) is 111 cm³/mol. The smallest absolute Gasteiger partial charge is 0.191 e. The van der Waals surface area contributed by atoms with Gasteiger partial charge in [-0.3, -0.25) is 4.99 Å². The number of halogens is 2. The molecule has 142 valence electrons. The molecule has 1 aliphatic carbocycles. The Bertz CT molecular complexity index is 544. The molecule has 1 aliphatic rings. The van der Waals surface area contributed by atoms with E-state index in [-0.39, 0.29) is 41.8 Å². The van der Waals surface area contributed by atoms with Crippen molar-refractivity contribution in [1.82, 2.24) is 15.5 Å². The molecule has 2 rings (SSSR count). The zero-order valence-electron chi connectivity index (χ0n) is 15.3. The van der Waals surface area contributed by atoms with E-state index in [1.54, 1.807) is 20.2 Å². The maximum absolute atomic E-state index is 13.8. The first-order valence-electron chi connectivity index (χ1n) is 8.54. The summed E-state index contributed by atoms with van der Waals surface area (Å²) < 4.78 is 18.9. The van der Waals surface area contributed by atoms with Crippen LogP contribution in [0.1, 0.15) is 24.3 Å². The second-order valence-corrected chi connectivity index (χ2v) is 6.26. The number of guanidine groups is 1. The largest absolute Gasteiger partial charge is 0.385 e. The number of aliphatic imine (C=N–C) groups is 1. The maximum Gasteiger partial charge on any atom is 0.191 e. The molecule has 2 atom stereocenters. The lowest BCUT2D eigenvalue weighted by Crippen LogP contribution is -2.42. The summed E-state index contributed by atoms with van der Waals surface area (Å²) in [7, 11) is 5.59. The standard InChI is InChI=1S/C18H29FN4O.HI/c1-20-18(21-9-11-23(2)10-6-12-24-3)22-17-13-15(17)14-7-4-5-8-16(14)19;/h4-5,7-8,15,17H,6,9-13H2,1-3H3,(H2,20,21,22);1H. The molecule has 0 heterocycles. The molecule has 2 N–H and O–H groups in total. The van der Waals surface area contributed by atoms with Crippen molar-refractivity contribution in [3.05, 3.63) is 35.6 Å². The number of likely N-dealkylation sites (N-methyl/N-ethyl adjacent to an activating group) is 1. The number of nitrogens with zero attached hydrogens (tertiary/aromatic N) is 2. The fourth-order valence-corrected chi connectivity index (χ4v) is 2.80. The number of benzene rings is 1. The molecule has 1 saturated carbocycles. The monoisotopic (exact) mass is 464 g/mol. The first-order chi connectivity index (χ1) is 11.7. The maximum atomic E-state index is 13.8. The minimum absolute atomic E-state index is 0. The Morgan fingerprint density at radius 3 is 2.80 bits per heavy atom. The van der Waals surface area contributed by atoms with Gasteiger partial charge < -0.3 is 20.3 Å². The molecule has 0 saturated heterocycles. The van der Waals surface area contributed by atoms with Gasteiger partial charge in [0.1, 0.15) is 5.82 Å². The van der Waals surface area contributed by atoms with Crippen LogP contribution in [0.2, 0.25) is 0 Å². The second-order valence-electron chi connectivity index (χ2n) is 6.26. The molecule has 0 radical (unpaired) electrons. The number of hydrogen-bond acceptors (Lipinski definition) is 3. The van der Waals surface area contributed by atoms with Gasteiger partial charge in [0.15, 0.2) is 5.96 Å². The lowest BCUT2D eigenvalue weighted by atomic mass is 10.1. The molecule has 5 nitrogen and oxygen atoms in total. The lowest BCUT2D eigenvalue weighted by molar-refractivity contribution is 0.180. The lowest BCUT2D eigenvalue weighted by Gasteiger charge is -2.18. The Balaban J connectivity index is 0.00000312. The van der Waals surface area contributed by atoms with Gasteiger partial charge in [0.2, 0.25) is 0 Å². The molecule has 0 bridgehead atoms. The van der Waals surface area contributed by atoms with E-state index in [2.05, 4.69) is 27.6 Å². The summed E-state index contributed by atoms with van der Waals surface area (Å²) >= 11 is 0. The molecule has 0 spiro atoms. The highest BCUT2D eigenvalue weighted by atomic mass is 127. The molecule has 1 fully saturated rings. The SMILES string of the molecule is CN=C(NCCN(C)CCCOC)NC1CC1c1ccccc1F.I. The Morgan fingerprint density at radius 1 is 1.36 bits per heavy atom. The van der Waals surface area contributed by atoms with Gasteiger partial charge in [0.25, 0.3) is 0 Å². The molecule has 1 aromatic carbocycles. The van der Waals surface area contributed by atoms with Crippen molar-refractivity contribution in [2.75, 3.05) is 47.4 Å². The zero-order chi connectivity index (χ0) is 17.4. The zero-order valence-corrected chi connectivity index (χ0v) is 17.6. The number of methoxy groups -OCH3 is 1. The van der Waals surface area contributed by atoms with Gasteiger partial charge in [-0.25, -0.2) is 4.39 Å². The van der Waals surface area contributed by atoms with Crippen LogP contribution >= 0.6 is 24.0 Å². The van der Waals surface area contributed by atoms with Crippen LogP contribution in [0.15, 0.2) is 29.3 Å². The summed E-state index contributed by atoms with van der Waals surface area (Å²) in [5.41, 5.74) is 0.795. The third-order valence-electron chi connectivity index (χ3n) is 4.32. The Labute approximate surface area is 167 Å². The van der Waals surface area contributed by atoms with Crippen LogP contribution < -0.4 is 10.6 Å². The van der Waals surface area contributed by atoms with Gasteiger partial charge in [-0.2, -0.15) is 0 Å². The molecule has 0 aromatic heterocycles. The summed E-state index contributed by atoms with van der Waals surface area (Å²) in [6.45, 7) is 3.56. The Kier molecular flexibility index (Phi) is 10.3. The van der Waals surface area contributed by atoms with Crippen LogP contribution in [-0.4, -0.2) is 64.3 Å². The molecule has 0 aliphatic heterocycles. The highest BCUT2D eigenvalue weighted by Gasteiger charge is 2.40. The van der Waals surface area contributed by atoms with E-state index in [0.717, 1.165) is 50.6 Å². The topological polar surface area (TPSA) is 48.9 Å². The van der Waals surface area contributed by atoms with Crippen LogP contribution in [0.3, 0.4) is 0 Å². The molecule has 2 unspecified atom stereocenters. The van der Waals surface area contributed by atoms with Gasteiger partial charge in [-0.15, -0.1) is 24.0 Å². The van der Waals surface area contributed by atoms with E-state index in [0.29, 0.717) is 0 Å². The fourth-order valence-electron chi connectivity index (χ4n) is 2.80. The van der Waals surface area contributed by atoms with Crippen molar-refractivity contribution in [3.8, 4) is 0 Å². The summed E-state index contributed by atoms with van der Waals surface area (Å²) in [6, 6.07) is 7.27. The van der Waals surface area contributed by atoms with Gasteiger partial charge in [-0.05, 0) is 31.5 Å². The van der Waals surface area contributed by atoms with Crippen LogP contribution in [0.25, 0.3) is 0 Å². The molecule has 0 amide bonds. The Hall–Kier alpha value is -0.930. The third-order valence-corrected chi connectivity index (χ3v) is 4.32. The Morgan fingerprint density at radius 2 is 2.12 bits per heavy atom. The van der Waals surface area contributed by atoms with Crippen molar-refractivity contribution in [3.63, 3.8) is 0 Å². The van der Waals surface area contributed by atoms with Crippen molar-refractivity contribution >= 4 is 29.9 Å².